The molecule has 2 amide bonds. The van der Waals surface area contributed by atoms with E-state index in [1.807, 2.05) is 49.4 Å². The van der Waals surface area contributed by atoms with Crippen LogP contribution in [-0.2, 0) is 16.2 Å². The molecule has 30 heavy (non-hydrogen) atoms. The number of carbonyl (C=O) groups is 2. The Morgan fingerprint density at radius 1 is 1.20 bits per heavy atom. The predicted molar refractivity (Wildman–Crippen MR) is 118 cm³/mol. The van der Waals surface area contributed by atoms with Crippen molar-refractivity contribution >= 4 is 40.9 Å². The van der Waals surface area contributed by atoms with Crippen molar-refractivity contribution in [2.24, 2.45) is 0 Å². The van der Waals surface area contributed by atoms with Gasteiger partial charge in [0, 0.05) is 22.9 Å². The van der Waals surface area contributed by atoms with E-state index >= 15 is 0 Å². The summed E-state index contributed by atoms with van der Waals surface area (Å²) in [4.78, 5) is 29.5. The average molecular weight is 439 g/mol. The molecule has 1 aromatic heterocycles. The highest BCUT2D eigenvalue weighted by atomic mass is 35.5. The minimum Gasteiger partial charge on any atom is -0.459 e. The number of halogens is 1. The van der Waals surface area contributed by atoms with Crippen LogP contribution in [-0.4, -0.2) is 29.0 Å². The van der Waals surface area contributed by atoms with E-state index in [9.17, 15) is 9.59 Å². The van der Waals surface area contributed by atoms with Crippen molar-refractivity contribution in [1.82, 2.24) is 4.90 Å². The van der Waals surface area contributed by atoms with Gasteiger partial charge in [0.2, 0.25) is 0 Å². The first-order chi connectivity index (χ1) is 14.5. The molecule has 0 aliphatic carbocycles. The Labute approximate surface area is 183 Å². The van der Waals surface area contributed by atoms with E-state index in [4.69, 9.17) is 16.0 Å². The predicted octanol–water partition coefficient (Wildman–Crippen LogP) is 4.83. The fourth-order valence-corrected chi connectivity index (χ4v) is 5.86. The van der Waals surface area contributed by atoms with Crippen LogP contribution in [0.2, 0.25) is 5.02 Å². The number of amides is 2. The Kier molecular flexibility index (Phi) is 4.64. The van der Waals surface area contributed by atoms with Gasteiger partial charge >= 0.3 is 0 Å². The number of furan rings is 1. The van der Waals surface area contributed by atoms with Gasteiger partial charge in [-0.25, -0.2) is 0 Å². The summed E-state index contributed by atoms with van der Waals surface area (Å²) in [5, 5.41) is 0.613. The second kappa shape index (κ2) is 7.22. The topological polar surface area (TPSA) is 53.8 Å². The number of hydrogen-bond donors (Lipinski definition) is 0. The molecule has 0 saturated carbocycles. The third-order valence-electron chi connectivity index (χ3n) is 5.61. The van der Waals surface area contributed by atoms with E-state index < -0.39 is 4.87 Å². The van der Waals surface area contributed by atoms with Crippen LogP contribution in [0.15, 0.2) is 65.3 Å². The Morgan fingerprint density at radius 2 is 2.03 bits per heavy atom. The second-order valence-electron chi connectivity index (χ2n) is 7.43. The van der Waals surface area contributed by atoms with E-state index in [0.29, 0.717) is 23.9 Å². The van der Waals surface area contributed by atoms with Crippen LogP contribution in [0.5, 0.6) is 0 Å². The average Bonchev–Trinajstić information content (AvgIpc) is 3.47. The Balaban J connectivity index is 1.62. The zero-order chi connectivity index (χ0) is 20.9. The number of aryl methyl sites for hydroxylation is 1. The van der Waals surface area contributed by atoms with Gasteiger partial charge in [0.05, 0.1) is 18.5 Å². The fraction of sp³-hybridized carbons (Fsp3) is 0.217. The molecule has 1 atom stereocenters. The van der Waals surface area contributed by atoms with Crippen molar-refractivity contribution in [2.75, 3.05) is 17.2 Å². The highest BCUT2D eigenvalue weighted by Gasteiger charge is 2.59. The van der Waals surface area contributed by atoms with Gasteiger partial charge in [-0.1, -0.05) is 47.5 Å². The first-order valence-corrected chi connectivity index (χ1v) is 11.0. The Bertz CT molecular complexity index is 1150. The molecule has 5 nitrogen and oxygen atoms in total. The molecule has 0 radical (unpaired) electrons. The molecule has 1 fully saturated rings. The molecule has 0 N–H and O–H groups in total. The van der Waals surface area contributed by atoms with Crippen molar-refractivity contribution < 1.29 is 14.0 Å². The summed E-state index contributed by atoms with van der Waals surface area (Å²) >= 11 is 7.88. The van der Waals surface area contributed by atoms with Crippen molar-refractivity contribution in [3.8, 4) is 0 Å². The molecule has 2 aromatic carbocycles. The van der Waals surface area contributed by atoms with Crippen LogP contribution in [0.25, 0.3) is 0 Å². The molecule has 0 unspecified atom stereocenters. The maximum absolute atomic E-state index is 13.9. The normalized spacial score (nSPS) is 20.3. The molecule has 2 aliphatic heterocycles. The lowest BCUT2D eigenvalue weighted by molar-refractivity contribution is -0.123. The number of fused-ring (bicyclic) bond motifs is 2. The lowest BCUT2D eigenvalue weighted by atomic mass is 10.0. The van der Waals surface area contributed by atoms with E-state index in [2.05, 4.69) is 0 Å². The summed E-state index contributed by atoms with van der Waals surface area (Å²) < 4.78 is 5.35. The maximum Gasteiger partial charge on any atom is 0.291 e. The van der Waals surface area contributed by atoms with Gasteiger partial charge in [-0.3, -0.25) is 9.59 Å². The van der Waals surface area contributed by atoms with Crippen molar-refractivity contribution in [3.63, 3.8) is 0 Å². The largest absolute Gasteiger partial charge is 0.459 e. The van der Waals surface area contributed by atoms with Gasteiger partial charge in [-0.2, -0.15) is 0 Å². The first-order valence-electron chi connectivity index (χ1n) is 9.68. The van der Waals surface area contributed by atoms with E-state index in [0.717, 1.165) is 22.4 Å². The van der Waals surface area contributed by atoms with Gasteiger partial charge in [0.1, 0.15) is 0 Å². The molecule has 152 valence electrons. The van der Waals surface area contributed by atoms with Crippen LogP contribution in [0, 0.1) is 6.92 Å². The summed E-state index contributed by atoms with van der Waals surface area (Å²) in [5.41, 5.74) is 3.57. The van der Waals surface area contributed by atoms with Crippen LogP contribution in [0.4, 0.5) is 5.69 Å². The molecule has 0 bridgehead atoms. The van der Waals surface area contributed by atoms with Crippen molar-refractivity contribution in [2.45, 2.75) is 18.3 Å². The number of hydrogen-bond acceptors (Lipinski definition) is 4. The Morgan fingerprint density at radius 3 is 2.80 bits per heavy atom. The van der Waals surface area contributed by atoms with E-state index in [1.165, 1.54) is 18.0 Å². The summed E-state index contributed by atoms with van der Waals surface area (Å²) in [6.45, 7) is 2.82. The maximum atomic E-state index is 13.9. The van der Waals surface area contributed by atoms with Gasteiger partial charge in [0.25, 0.3) is 11.8 Å². The van der Waals surface area contributed by atoms with Gasteiger partial charge in [-0.15, -0.1) is 11.8 Å². The first kappa shape index (κ1) is 19.3. The van der Waals surface area contributed by atoms with E-state index in [1.54, 1.807) is 21.9 Å². The van der Waals surface area contributed by atoms with Gasteiger partial charge in [-0.05, 0) is 36.8 Å². The van der Waals surface area contributed by atoms with Crippen LogP contribution >= 0.6 is 23.4 Å². The number of carbonyl (C=O) groups excluding carboxylic acids is 2. The van der Waals surface area contributed by atoms with Crippen molar-refractivity contribution in [1.29, 1.82) is 0 Å². The quantitative estimate of drug-likeness (QED) is 0.587. The molecule has 2 aliphatic rings. The molecule has 3 heterocycles. The Hall–Kier alpha value is -2.70. The monoisotopic (exact) mass is 438 g/mol. The molecule has 7 heteroatoms. The number of thioether (sulfide) groups is 1. The second-order valence-corrected chi connectivity index (χ2v) is 9.12. The smallest absolute Gasteiger partial charge is 0.291 e. The summed E-state index contributed by atoms with van der Waals surface area (Å²) in [6, 6.07) is 16.8. The lowest BCUT2D eigenvalue weighted by Crippen LogP contribution is -2.50. The zero-order valence-electron chi connectivity index (χ0n) is 16.3. The molecular weight excluding hydrogens is 420 g/mol. The van der Waals surface area contributed by atoms with Crippen LogP contribution < -0.4 is 4.90 Å². The molecule has 1 spiro atoms. The number of anilines is 1. The van der Waals surface area contributed by atoms with Crippen LogP contribution in [0.1, 0.15) is 27.2 Å². The van der Waals surface area contributed by atoms with Crippen LogP contribution in [0.3, 0.4) is 0 Å². The number of nitrogens with zero attached hydrogens (tertiary/aromatic N) is 2. The minimum atomic E-state index is -1.09. The molecule has 3 aromatic rings. The van der Waals surface area contributed by atoms with Crippen molar-refractivity contribution in [3.05, 3.63) is 88.3 Å². The zero-order valence-corrected chi connectivity index (χ0v) is 17.9. The summed E-state index contributed by atoms with van der Waals surface area (Å²) in [6.07, 6.45) is 1.47. The minimum absolute atomic E-state index is 0.120. The lowest BCUT2D eigenvalue weighted by Gasteiger charge is -2.32. The molecule has 5 rings (SSSR count). The molecular formula is C23H19ClN2O3S. The number of rotatable bonds is 3. The number of benzene rings is 2. The third kappa shape index (κ3) is 2.78. The SMILES string of the molecule is Cc1ccc2c(c1)[C@@]1(SCCN1C(=O)c1ccco1)C(=O)N2Cc1ccccc1Cl. The summed E-state index contributed by atoms with van der Waals surface area (Å²) in [5.74, 6) is 0.519. The standard InChI is InChI=1S/C23H19ClN2O3S/c1-15-8-9-19-17(13-15)23(22(28)25(19)14-16-5-2-3-6-18(16)24)26(10-12-30-23)21(27)20-7-4-11-29-20/h2-9,11,13H,10,12,14H2,1H3/t23-/m1/s1. The fourth-order valence-electron chi connectivity index (χ4n) is 4.22. The summed E-state index contributed by atoms with van der Waals surface area (Å²) in [7, 11) is 0. The molecule has 1 saturated heterocycles. The highest BCUT2D eigenvalue weighted by Crippen LogP contribution is 2.55. The van der Waals surface area contributed by atoms with Gasteiger partial charge in [0.15, 0.2) is 10.6 Å². The highest BCUT2D eigenvalue weighted by molar-refractivity contribution is 8.01. The third-order valence-corrected chi connectivity index (χ3v) is 7.40. The van der Waals surface area contributed by atoms with E-state index in [-0.39, 0.29) is 17.6 Å². The van der Waals surface area contributed by atoms with Gasteiger partial charge < -0.3 is 14.2 Å².